The van der Waals surface area contributed by atoms with Crippen molar-refractivity contribution in [3.63, 3.8) is 0 Å². The van der Waals surface area contributed by atoms with Crippen molar-refractivity contribution in [2.75, 3.05) is 5.32 Å². The molecule has 0 unspecified atom stereocenters. The summed E-state index contributed by atoms with van der Waals surface area (Å²) in [6.07, 6.45) is 3.34. The molecule has 7 heteroatoms. The van der Waals surface area contributed by atoms with Gasteiger partial charge in [-0.25, -0.2) is 9.59 Å². The molecule has 6 nitrogen and oxygen atoms in total. The molecule has 1 amide bonds. The summed E-state index contributed by atoms with van der Waals surface area (Å²) >= 11 is 1.79. The largest absolute Gasteiger partial charge is 0.478 e. The van der Waals surface area contributed by atoms with Crippen molar-refractivity contribution < 1.29 is 24.6 Å². The molecule has 1 aliphatic rings. The van der Waals surface area contributed by atoms with Crippen LogP contribution in [0.4, 0.5) is 5.69 Å². The number of hydrogen-bond donors (Lipinski definition) is 3. The fourth-order valence-electron chi connectivity index (χ4n) is 3.41. The van der Waals surface area contributed by atoms with Crippen molar-refractivity contribution in [1.82, 2.24) is 0 Å². The van der Waals surface area contributed by atoms with Crippen LogP contribution in [0, 0.1) is 0 Å². The van der Waals surface area contributed by atoms with E-state index < -0.39 is 17.8 Å². The second-order valence-corrected chi connectivity index (χ2v) is 9.45. The number of nitrogens with one attached hydrogen (secondary N) is 1. The average molecular weight is 389 g/mol. The van der Waals surface area contributed by atoms with E-state index in [2.05, 4.69) is 33.0 Å². The third-order valence-electron chi connectivity index (χ3n) is 4.17. The minimum atomic E-state index is -1.33. The number of rotatable bonds is 5. The third kappa shape index (κ3) is 5.47. The Hall–Kier alpha value is -2.54. The molecular formula is C20H23NO5S. The van der Waals surface area contributed by atoms with Gasteiger partial charge in [0.25, 0.3) is 5.91 Å². The first-order valence-corrected chi connectivity index (χ1v) is 9.22. The van der Waals surface area contributed by atoms with Crippen LogP contribution in [0.2, 0.25) is 0 Å². The van der Waals surface area contributed by atoms with Crippen LogP contribution in [0.1, 0.15) is 39.7 Å². The highest BCUT2D eigenvalue weighted by Gasteiger charge is 2.38. The first-order valence-electron chi connectivity index (χ1n) is 8.40. The monoisotopic (exact) mass is 389 g/mol. The Balaban J connectivity index is 2.31. The number of carboxylic acid groups (broad SMARTS) is 2. The quantitative estimate of drug-likeness (QED) is 0.522. The molecule has 0 fully saturated rings. The van der Waals surface area contributed by atoms with E-state index in [9.17, 15) is 14.4 Å². The van der Waals surface area contributed by atoms with Crippen LogP contribution in [0.15, 0.2) is 46.9 Å². The van der Waals surface area contributed by atoms with Crippen LogP contribution in [-0.2, 0) is 19.8 Å². The lowest BCUT2D eigenvalue weighted by Gasteiger charge is -2.41. The summed E-state index contributed by atoms with van der Waals surface area (Å²) in [5.74, 6) is -3.29. The number of thioether (sulfide) groups is 1. The molecule has 2 rings (SSSR count). The molecule has 0 aliphatic carbocycles. The summed E-state index contributed by atoms with van der Waals surface area (Å²) in [6, 6.07) is 5.61. The Bertz CT molecular complexity index is 852. The van der Waals surface area contributed by atoms with Crippen LogP contribution in [-0.4, -0.2) is 32.8 Å². The summed E-state index contributed by atoms with van der Waals surface area (Å²) in [5.41, 5.74) is 1.33. The average Bonchev–Trinajstić information content (AvgIpc) is 2.49. The minimum absolute atomic E-state index is 0.0756. The van der Waals surface area contributed by atoms with Crippen LogP contribution in [0.5, 0.6) is 0 Å². The van der Waals surface area contributed by atoms with Crippen molar-refractivity contribution in [2.45, 2.75) is 49.2 Å². The molecule has 0 spiro atoms. The smallest absolute Gasteiger partial charge is 0.329 e. The highest BCUT2D eigenvalue weighted by Crippen LogP contribution is 2.51. The molecule has 0 saturated heterocycles. The molecule has 0 atom stereocenters. The molecule has 1 aromatic carbocycles. The van der Waals surface area contributed by atoms with Gasteiger partial charge in [-0.15, -0.1) is 11.8 Å². The molecule has 0 bridgehead atoms. The Morgan fingerprint density at radius 2 is 1.74 bits per heavy atom. The lowest BCUT2D eigenvalue weighted by molar-refractivity contribution is -0.132. The topological polar surface area (TPSA) is 104 Å². The lowest BCUT2D eigenvalue weighted by atomic mass is 9.77. The SMILES string of the molecule is CC1(C)CC(C)(C)c2cc(NC(=O)C(=C\C(=O)O)/C=C/C(=O)O)ccc2S1. The van der Waals surface area contributed by atoms with Gasteiger partial charge >= 0.3 is 11.9 Å². The first kappa shape index (κ1) is 20.8. The number of hydrogen-bond acceptors (Lipinski definition) is 4. The van der Waals surface area contributed by atoms with Gasteiger partial charge in [-0.2, -0.15) is 0 Å². The van der Waals surface area contributed by atoms with Crippen molar-refractivity contribution in [2.24, 2.45) is 0 Å². The first-order chi connectivity index (χ1) is 12.4. The normalized spacial score (nSPS) is 18.0. The van der Waals surface area contributed by atoms with Crippen molar-refractivity contribution in [3.05, 3.63) is 47.6 Å². The number of aliphatic carboxylic acids is 2. The van der Waals surface area contributed by atoms with E-state index in [1.165, 1.54) is 0 Å². The number of carbonyl (C=O) groups excluding carboxylic acids is 1. The fraction of sp³-hybridized carbons (Fsp3) is 0.350. The molecule has 1 aliphatic heterocycles. The molecule has 144 valence electrons. The van der Waals surface area contributed by atoms with E-state index in [0.717, 1.165) is 29.0 Å². The molecule has 0 radical (unpaired) electrons. The van der Waals surface area contributed by atoms with Crippen LogP contribution in [0.3, 0.4) is 0 Å². The number of carbonyl (C=O) groups is 3. The molecule has 0 saturated carbocycles. The van der Waals surface area contributed by atoms with Crippen molar-refractivity contribution >= 4 is 35.3 Å². The lowest BCUT2D eigenvalue weighted by Crippen LogP contribution is -2.33. The Morgan fingerprint density at radius 1 is 1.07 bits per heavy atom. The van der Waals surface area contributed by atoms with Crippen molar-refractivity contribution in [1.29, 1.82) is 0 Å². The van der Waals surface area contributed by atoms with E-state index in [4.69, 9.17) is 10.2 Å². The van der Waals surface area contributed by atoms with E-state index in [-0.39, 0.29) is 15.7 Å². The summed E-state index contributed by atoms with van der Waals surface area (Å²) in [7, 11) is 0. The van der Waals surface area contributed by atoms with Crippen LogP contribution < -0.4 is 5.32 Å². The van der Waals surface area contributed by atoms with E-state index in [1.54, 1.807) is 17.8 Å². The maximum absolute atomic E-state index is 12.4. The van der Waals surface area contributed by atoms with Gasteiger partial charge < -0.3 is 15.5 Å². The number of fused-ring (bicyclic) bond motifs is 1. The summed E-state index contributed by atoms with van der Waals surface area (Å²) in [5, 5.41) is 20.3. The molecular weight excluding hydrogens is 366 g/mol. The Kier molecular flexibility index (Phi) is 5.85. The van der Waals surface area contributed by atoms with Crippen LogP contribution >= 0.6 is 11.8 Å². The van der Waals surface area contributed by atoms with Gasteiger partial charge in [0.05, 0.1) is 0 Å². The maximum Gasteiger partial charge on any atom is 0.329 e. The highest BCUT2D eigenvalue weighted by atomic mass is 32.2. The number of benzene rings is 1. The Labute approximate surface area is 162 Å². The second-order valence-electron chi connectivity index (χ2n) is 7.70. The van der Waals surface area contributed by atoms with E-state index in [0.29, 0.717) is 11.8 Å². The van der Waals surface area contributed by atoms with Crippen molar-refractivity contribution in [3.8, 4) is 0 Å². The summed E-state index contributed by atoms with van der Waals surface area (Å²) < 4.78 is 0.111. The number of carboxylic acids is 2. The molecule has 1 heterocycles. The predicted octanol–water partition coefficient (Wildman–Crippen LogP) is 3.83. The minimum Gasteiger partial charge on any atom is -0.478 e. The molecule has 1 aromatic rings. The maximum atomic E-state index is 12.4. The highest BCUT2D eigenvalue weighted by molar-refractivity contribution is 8.00. The zero-order valence-corrected chi connectivity index (χ0v) is 16.5. The van der Waals surface area contributed by atoms with Gasteiger partial charge in [0.2, 0.25) is 0 Å². The molecule has 3 N–H and O–H groups in total. The molecule has 0 aromatic heterocycles. The zero-order valence-electron chi connectivity index (χ0n) is 15.7. The van der Waals surface area contributed by atoms with Gasteiger partial charge in [-0.3, -0.25) is 4.79 Å². The predicted molar refractivity (Wildman–Crippen MR) is 105 cm³/mol. The van der Waals surface area contributed by atoms with Gasteiger partial charge in [-0.1, -0.05) is 27.7 Å². The molecule has 27 heavy (non-hydrogen) atoms. The number of anilines is 1. The van der Waals surface area contributed by atoms with Gasteiger partial charge in [0.15, 0.2) is 0 Å². The number of amides is 1. The summed E-state index contributed by atoms with van der Waals surface area (Å²) in [6.45, 7) is 8.72. The Morgan fingerprint density at radius 3 is 2.33 bits per heavy atom. The fourth-order valence-corrected chi connectivity index (χ4v) is 5.02. The second kappa shape index (κ2) is 7.60. The third-order valence-corrected chi connectivity index (χ3v) is 5.44. The van der Waals surface area contributed by atoms with Crippen LogP contribution in [0.25, 0.3) is 0 Å². The standard InChI is InChI=1S/C20H23NO5S/c1-19(2)11-20(3,4)27-15-7-6-13(10-14(15)19)21-18(26)12(9-17(24)25)5-8-16(22)23/h5-10H,11H2,1-4H3,(H,21,26)(H,22,23)(H,24,25)/b8-5+,12-9-. The van der Waals surface area contributed by atoms with E-state index in [1.807, 2.05) is 12.1 Å². The van der Waals surface area contributed by atoms with E-state index >= 15 is 0 Å². The summed E-state index contributed by atoms with van der Waals surface area (Å²) in [4.78, 5) is 35.1. The van der Waals surface area contributed by atoms with Gasteiger partial charge in [0.1, 0.15) is 0 Å². The zero-order chi connectivity index (χ0) is 20.4. The van der Waals surface area contributed by atoms with Gasteiger partial charge in [0, 0.05) is 33.1 Å². The van der Waals surface area contributed by atoms with Gasteiger partial charge in [-0.05, 0) is 41.7 Å².